The van der Waals surface area contributed by atoms with Crippen LogP contribution in [0.1, 0.15) is 0 Å². The van der Waals surface area contributed by atoms with Gasteiger partial charge in [-0.05, 0) is 110 Å². The largest absolute Gasteiger partial charge is 0.309 e. The lowest BCUT2D eigenvalue weighted by atomic mass is 9.90. The molecule has 12 rings (SSSR count). The summed E-state index contributed by atoms with van der Waals surface area (Å²) >= 11 is 0. The van der Waals surface area contributed by atoms with Gasteiger partial charge in [-0.1, -0.05) is 212 Å². The zero-order chi connectivity index (χ0) is 43.8. The first-order valence-electron chi connectivity index (χ1n) is 22.7. The fourth-order valence-corrected chi connectivity index (χ4v) is 9.93. The SMILES string of the molecule is c1ccc(-c2ccc(N(c3ccc(-c4ccc5c6ccccc6n(-c6ccccc6)c5c4)cc3)c3ccccc3-c3cccc4cccc(-c5ccccc5)c34)c(-c3ccccc3)c2)cc1. The lowest BCUT2D eigenvalue weighted by molar-refractivity contribution is 1.18. The van der Waals surface area contributed by atoms with Crippen molar-refractivity contribution in [1.29, 1.82) is 0 Å². The molecule has 0 spiro atoms. The number of hydrogen-bond donors (Lipinski definition) is 0. The molecule has 2 nitrogen and oxygen atoms in total. The molecule has 12 aromatic rings. The van der Waals surface area contributed by atoms with Gasteiger partial charge in [-0.2, -0.15) is 0 Å². The molecule has 0 atom stereocenters. The predicted molar refractivity (Wildman–Crippen MR) is 280 cm³/mol. The molecule has 0 saturated heterocycles. The zero-order valence-electron chi connectivity index (χ0n) is 36.3. The summed E-state index contributed by atoms with van der Waals surface area (Å²) in [5.41, 5.74) is 18.6. The third-order valence-electron chi connectivity index (χ3n) is 13.0. The van der Waals surface area contributed by atoms with E-state index < -0.39 is 0 Å². The smallest absolute Gasteiger partial charge is 0.0547 e. The van der Waals surface area contributed by atoms with E-state index in [1.54, 1.807) is 0 Å². The molecule has 1 heterocycles. The second kappa shape index (κ2) is 16.8. The summed E-state index contributed by atoms with van der Waals surface area (Å²) in [7, 11) is 0. The van der Waals surface area contributed by atoms with E-state index in [-0.39, 0.29) is 0 Å². The highest BCUT2D eigenvalue weighted by atomic mass is 15.1. The summed E-state index contributed by atoms with van der Waals surface area (Å²) in [5.74, 6) is 0. The van der Waals surface area contributed by atoms with Gasteiger partial charge in [0.2, 0.25) is 0 Å². The molecule has 1 aromatic heterocycles. The maximum atomic E-state index is 2.47. The quantitative estimate of drug-likeness (QED) is 0.141. The molecule has 0 N–H and O–H groups in total. The summed E-state index contributed by atoms with van der Waals surface area (Å²) in [5, 5.41) is 4.94. The Kier molecular flexibility index (Phi) is 9.89. The summed E-state index contributed by atoms with van der Waals surface area (Å²) in [6.07, 6.45) is 0. The van der Waals surface area contributed by atoms with Gasteiger partial charge in [0.1, 0.15) is 0 Å². The van der Waals surface area contributed by atoms with Gasteiger partial charge in [0.25, 0.3) is 0 Å². The number of rotatable bonds is 9. The highest BCUT2D eigenvalue weighted by Gasteiger charge is 2.23. The predicted octanol–water partition coefficient (Wildman–Crippen LogP) is 17.7. The standard InChI is InChI=1S/C64H44N2/c1-5-19-45(20-6-1)50-38-42-62(59(43-50)48-23-9-3-10-24-48)65(61-34-16-14-30-56(61)58-32-18-26-49-25-17-31-54(64(49)58)47-21-7-2-8-22-47)53-39-35-46(36-40-53)51-37-41-57-55-29-13-15-33-60(55)66(63(57)44-51)52-27-11-4-12-28-52/h1-44H. The Hall–Kier alpha value is -8.72. The van der Waals surface area contributed by atoms with Crippen LogP contribution in [0, 0.1) is 0 Å². The number of aromatic nitrogens is 1. The van der Waals surface area contributed by atoms with Gasteiger partial charge in [-0.3, -0.25) is 0 Å². The first-order valence-corrected chi connectivity index (χ1v) is 22.7. The molecule has 2 heteroatoms. The molecule has 0 radical (unpaired) electrons. The topological polar surface area (TPSA) is 8.17 Å². The van der Waals surface area contributed by atoms with Crippen LogP contribution in [0.3, 0.4) is 0 Å². The summed E-state index contributed by atoms with van der Waals surface area (Å²) in [6.45, 7) is 0. The van der Waals surface area contributed by atoms with Crippen LogP contribution in [0.2, 0.25) is 0 Å². The van der Waals surface area contributed by atoms with Crippen molar-refractivity contribution in [3.63, 3.8) is 0 Å². The molecule has 0 aliphatic carbocycles. The Labute approximate surface area is 385 Å². The van der Waals surface area contributed by atoms with Crippen LogP contribution in [0.15, 0.2) is 267 Å². The zero-order valence-corrected chi connectivity index (χ0v) is 36.3. The molecular formula is C64H44N2. The fraction of sp³-hybridized carbons (Fsp3) is 0. The van der Waals surface area contributed by atoms with E-state index in [0.717, 1.165) is 45.0 Å². The molecule has 310 valence electrons. The van der Waals surface area contributed by atoms with Crippen LogP contribution in [-0.4, -0.2) is 4.57 Å². The first-order chi connectivity index (χ1) is 32.8. The van der Waals surface area contributed by atoms with Crippen molar-refractivity contribution < 1.29 is 0 Å². The second-order valence-electron chi connectivity index (χ2n) is 16.9. The van der Waals surface area contributed by atoms with Crippen molar-refractivity contribution in [3.8, 4) is 61.3 Å². The highest BCUT2D eigenvalue weighted by molar-refractivity contribution is 6.11. The van der Waals surface area contributed by atoms with Crippen molar-refractivity contribution in [3.05, 3.63) is 267 Å². The van der Waals surface area contributed by atoms with Gasteiger partial charge in [0, 0.05) is 33.3 Å². The third-order valence-corrected chi connectivity index (χ3v) is 13.0. The molecule has 0 unspecified atom stereocenters. The van der Waals surface area contributed by atoms with Crippen molar-refractivity contribution in [2.24, 2.45) is 0 Å². The van der Waals surface area contributed by atoms with Gasteiger partial charge >= 0.3 is 0 Å². The number of fused-ring (bicyclic) bond motifs is 4. The minimum atomic E-state index is 1.07. The minimum Gasteiger partial charge on any atom is -0.309 e. The Bertz CT molecular complexity index is 3660. The average molecular weight is 841 g/mol. The summed E-state index contributed by atoms with van der Waals surface area (Å²) in [4.78, 5) is 2.47. The van der Waals surface area contributed by atoms with E-state index >= 15 is 0 Å². The van der Waals surface area contributed by atoms with Gasteiger partial charge in [-0.15, -0.1) is 0 Å². The molecule has 0 saturated carbocycles. The molecule has 0 aliphatic heterocycles. The average Bonchev–Trinajstić information content (AvgIpc) is 3.73. The molecule has 0 aliphatic rings. The van der Waals surface area contributed by atoms with Gasteiger partial charge in [0.05, 0.1) is 22.4 Å². The molecular weight excluding hydrogens is 797 g/mol. The molecule has 11 aromatic carbocycles. The molecule has 66 heavy (non-hydrogen) atoms. The first kappa shape index (κ1) is 38.9. The minimum absolute atomic E-state index is 1.07. The van der Waals surface area contributed by atoms with E-state index in [4.69, 9.17) is 0 Å². The van der Waals surface area contributed by atoms with Crippen LogP contribution in [-0.2, 0) is 0 Å². The number of benzene rings is 11. The van der Waals surface area contributed by atoms with Crippen molar-refractivity contribution in [1.82, 2.24) is 4.57 Å². The molecule has 0 amide bonds. The lowest BCUT2D eigenvalue weighted by Crippen LogP contribution is -2.12. The normalized spacial score (nSPS) is 11.3. The Morgan fingerprint density at radius 3 is 1.50 bits per heavy atom. The van der Waals surface area contributed by atoms with E-state index in [9.17, 15) is 0 Å². The summed E-state index contributed by atoms with van der Waals surface area (Å²) in [6, 6.07) is 97.0. The highest BCUT2D eigenvalue weighted by Crippen LogP contribution is 2.48. The van der Waals surface area contributed by atoms with Gasteiger partial charge in [-0.25, -0.2) is 0 Å². The fourth-order valence-electron chi connectivity index (χ4n) is 9.93. The molecule has 0 fully saturated rings. The summed E-state index contributed by atoms with van der Waals surface area (Å²) < 4.78 is 2.39. The van der Waals surface area contributed by atoms with Crippen LogP contribution < -0.4 is 4.90 Å². The van der Waals surface area contributed by atoms with Crippen molar-refractivity contribution in [2.45, 2.75) is 0 Å². The monoisotopic (exact) mass is 840 g/mol. The van der Waals surface area contributed by atoms with Gasteiger partial charge in [0.15, 0.2) is 0 Å². The Balaban J connectivity index is 1.07. The van der Waals surface area contributed by atoms with E-state index in [0.29, 0.717) is 0 Å². The lowest BCUT2D eigenvalue weighted by Gasteiger charge is -2.31. The third kappa shape index (κ3) is 6.93. The van der Waals surface area contributed by atoms with Crippen LogP contribution >= 0.6 is 0 Å². The maximum Gasteiger partial charge on any atom is 0.0547 e. The van der Waals surface area contributed by atoms with Crippen molar-refractivity contribution >= 4 is 49.6 Å². The van der Waals surface area contributed by atoms with Crippen LogP contribution in [0.25, 0.3) is 93.9 Å². The number of para-hydroxylation sites is 3. The second-order valence-corrected chi connectivity index (χ2v) is 16.9. The van der Waals surface area contributed by atoms with E-state index in [1.165, 1.54) is 66.0 Å². The Morgan fingerprint density at radius 1 is 0.273 bits per heavy atom. The maximum absolute atomic E-state index is 2.47. The number of hydrogen-bond acceptors (Lipinski definition) is 1. The Morgan fingerprint density at radius 2 is 0.773 bits per heavy atom. The van der Waals surface area contributed by atoms with E-state index in [2.05, 4.69) is 276 Å². The number of anilines is 3. The number of nitrogens with zero attached hydrogens (tertiary/aromatic N) is 2. The molecule has 0 bridgehead atoms. The van der Waals surface area contributed by atoms with Crippen LogP contribution in [0.4, 0.5) is 17.1 Å². The van der Waals surface area contributed by atoms with Crippen molar-refractivity contribution in [2.75, 3.05) is 4.90 Å². The van der Waals surface area contributed by atoms with Crippen LogP contribution in [0.5, 0.6) is 0 Å². The van der Waals surface area contributed by atoms with E-state index in [1.807, 2.05) is 0 Å². The van der Waals surface area contributed by atoms with Gasteiger partial charge < -0.3 is 9.47 Å².